The number of carbonyl (C=O) groups excluding carboxylic acids is 1. The summed E-state index contributed by atoms with van der Waals surface area (Å²) in [5.74, 6) is -2.25. The van der Waals surface area contributed by atoms with Gasteiger partial charge in [0.05, 0.1) is 4.90 Å². The van der Waals surface area contributed by atoms with Crippen molar-refractivity contribution in [2.24, 2.45) is 0 Å². The molecule has 0 bridgehead atoms. The zero-order chi connectivity index (χ0) is 19.5. The molecule has 0 aliphatic carbocycles. The molecule has 0 atom stereocenters. The number of carbonyl (C=O) groups is 2. The van der Waals surface area contributed by atoms with Crippen LogP contribution in [0.15, 0.2) is 41.3 Å². The van der Waals surface area contributed by atoms with Crippen LogP contribution in [0, 0.1) is 0 Å². The molecule has 9 nitrogen and oxygen atoms in total. The van der Waals surface area contributed by atoms with E-state index in [4.69, 9.17) is 5.11 Å². The molecule has 138 valence electrons. The minimum absolute atomic E-state index is 0.0160. The van der Waals surface area contributed by atoms with E-state index in [1.54, 1.807) is 0 Å². The Labute approximate surface area is 139 Å². The maximum Gasteiger partial charge on any atom is 0.512 e. The number of sulfonamides is 2. The molecule has 0 spiro atoms. The van der Waals surface area contributed by atoms with Gasteiger partial charge in [-0.05, 0) is 24.3 Å². The van der Waals surface area contributed by atoms with Crippen LogP contribution < -0.4 is 9.44 Å². The number of benzene rings is 1. The van der Waals surface area contributed by atoms with Gasteiger partial charge in [-0.1, -0.05) is 4.13 Å². The predicted molar refractivity (Wildman–Crippen MR) is 77.1 cm³/mol. The van der Waals surface area contributed by atoms with Crippen molar-refractivity contribution in [1.82, 2.24) is 4.13 Å². The summed E-state index contributed by atoms with van der Waals surface area (Å²) in [6.45, 7) is 0. The van der Waals surface area contributed by atoms with Crippen molar-refractivity contribution in [2.75, 3.05) is 5.32 Å². The van der Waals surface area contributed by atoms with E-state index in [-0.39, 0.29) is 5.69 Å². The minimum Gasteiger partial charge on any atom is -0.478 e. The Kier molecular flexibility index (Phi) is 5.93. The second-order valence-electron chi connectivity index (χ2n) is 4.22. The molecule has 0 unspecified atom stereocenters. The first-order valence-electron chi connectivity index (χ1n) is 5.91. The van der Waals surface area contributed by atoms with Gasteiger partial charge >= 0.3 is 21.5 Å². The van der Waals surface area contributed by atoms with E-state index in [0.29, 0.717) is 16.3 Å². The number of alkyl halides is 3. The van der Waals surface area contributed by atoms with Gasteiger partial charge in [-0.15, -0.1) is 0 Å². The van der Waals surface area contributed by atoms with Crippen LogP contribution in [-0.4, -0.2) is 39.3 Å². The molecule has 3 N–H and O–H groups in total. The molecule has 25 heavy (non-hydrogen) atoms. The fourth-order valence-electron chi connectivity index (χ4n) is 1.29. The van der Waals surface area contributed by atoms with Gasteiger partial charge in [0.2, 0.25) is 5.91 Å². The van der Waals surface area contributed by atoms with Gasteiger partial charge in [0.1, 0.15) is 0 Å². The zero-order valence-corrected chi connectivity index (χ0v) is 13.4. The molecule has 0 saturated carbocycles. The number of carboxylic acids is 1. The van der Waals surface area contributed by atoms with Crippen LogP contribution in [0.3, 0.4) is 0 Å². The Hall–Kier alpha value is -2.45. The van der Waals surface area contributed by atoms with Crippen LogP contribution >= 0.6 is 0 Å². The fraction of sp³-hybridized carbons (Fsp3) is 0.0909. The molecule has 1 aromatic carbocycles. The highest BCUT2D eigenvalue weighted by atomic mass is 32.3. The lowest BCUT2D eigenvalue weighted by molar-refractivity contribution is -0.131. The molecule has 0 saturated heterocycles. The third kappa shape index (κ3) is 5.84. The molecule has 0 aliphatic rings. The molecule has 0 aromatic heterocycles. The Balaban J connectivity index is 2.95. The van der Waals surface area contributed by atoms with Gasteiger partial charge in [-0.3, -0.25) is 4.79 Å². The summed E-state index contributed by atoms with van der Waals surface area (Å²) in [7, 11) is -11.2. The average molecular weight is 402 g/mol. The van der Waals surface area contributed by atoms with Crippen LogP contribution in [0.5, 0.6) is 0 Å². The summed E-state index contributed by atoms with van der Waals surface area (Å²) >= 11 is 0. The van der Waals surface area contributed by atoms with E-state index in [1.165, 1.54) is 0 Å². The molecular formula is C11H9F3N2O7S2. The van der Waals surface area contributed by atoms with E-state index in [9.17, 15) is 39.6 Å². The molecule has 0 fully saturated rings. The highest BCUT2D eigenvalue weighted by Crippen LogP contribution is 2.24. The molecule has 14 heteroatoms. The highest BCUT2D eigenvalue weighted by molar-refractivity contribution is 8.05. The van der Waals surface area contributed by atoms with Crippen LogP contribution in [0.25, 0.3) is 0 Å². The van der Waals surface area contributed by atoms with Crippen molar-refractivity contribution in [2.45, 2.75) is 10.4 Å². The number of halogens is 3. The first-order chi connectivity index (χ1) is 11.2. The number of anilines is 1. The van der Waals surface area contributed by atoms with Gasteiger partial charge in [-0.2, -0.15) is 13.2 Å². The molecule has 1 rings (SSSR count). The van der Waals surface area contributed by atoms with Crippen molar-refractivity contribution in [1.29, 1.82) is 0 Å². The van der Waals surface area contributed by atoms with Gasteiger partial charge < -0.3 is 10.4 Å². The quantitative estimate of drug-likeness (QED) is 0.583. The topological polar surface area (TPSA) is 147 Å². The van der Waals surface area contributed by atoms with E-state index in [0.717, 1.165) is 24.3 Å². The maximum atomic E-state index is 12.2. The number of hydrogen-bond donors (Lipinski definition) is 3. The standard InChI is InChI=1S/C11H9F3N2O7S2/c12-11(13,14)25(22,23)16-24(20,21)8-3-1-7(2-4-8)15-9(17)5-6-10(18)19/h1-6,16H,(H,15,17)(H,18,19)/b6-5-. The Bertz CT molecular complexity index is 904. The molecule has 1 amide bonds. The van der Waals surface area contributed by atoms with Crippen molar-refractivity contribution in [3.63, 3.8) is 0 Å². The largest absolute Gasteiger partial charge is 0.512 e. The van der Waals surface area contributed by atoms with Gasteiger partial charge in [0.15, 0.2) is 0 Å². The third-order valence-corrected chi connectivity index (χ3v) is 5.59. The minimum atomic E-state index is -6.12. The SMILES string of the molecule is O=C(O)/C=C\C(=O)Nc1ccc(S(=O)(=O)NS(=O)(=O)C(F)(F)F)cc1. The monoisotopic (exact) mass is 402 g/mol. The van der Waals surface area contributed by atoms with Crippen LogP contribution in [0.4, 0.5) is 18.9 Å². The smallest absolute Gasteiger partial charge is 0.478 e. The first kappa shape index (κ1) is 20.6. The zero-order valence-electron chi connectivity index (χ0n) is 11.8. The van der Waals surface area contributed by atoms with Crippen molar-refractivity contribution >= 4 is 37.6 Å². The summed E-state index contributed by atoms with van der Waals surface area (Å²) in [5, 5.41) is 10.5. The Morgan fingerprint density at radius 2 is 1.52 bits per heavy atom. The second-order valence-corrected chi connectivity index (χ2v) is 7.84. The average Bonchev–Trinajstić information content (AvgIpc) is 2.43. The number of hydrogen-bond acceptors (Lipinski definition) is 6. The molecule has 0 radical (unpaired) electrons. The molecular weight excluding hydrogens is 393 g/mol. The van der Waals surface area contributed by atoms with E-state index < -0.39 is 42.3 Å². The van der Waals surface area contributed by atoms with Crippen LogP contribution in [-0.2, 0) is 29.6 Å². The second kappa shape index (κ2) is 7.20. The summed E-state index contributed by atoms with van der Waals surface area (Å²) < 4.78 is 82.2. The summed E-state index contributed by atoms with van der Waals surface area (Å²) in [4.78, 5) is 20.7. The van der Waals surface area contributed by atoms with Gasteiger partial charge in [0, 0.05) is 17.8 Å². The van der Waals surface area contributed by atoms with Crippen molar-refractivity contribution in [3.8, 4) is 0 Å². The van der Waals surface area contributed by atoms with E-state index in [2.05, 4.69) is 5.32 Å². The molecule has 0 heterocycles. The van der Waals surface area contributed by atoms with Crippen LogP contribution in [0.1, 0.15) is 0 Å². The van der Waals surface area contributed by atoms with Crippen molar-refractivity contribution < 1.29 is 44.7 Å². The van der Waals surface area contributed by atoms with E-state index in [1.807, 2.05) is 0 Å². The Morgan fingerprint density at radius 1 is 1.00 bits per heavy atom. The van der Waals surface area contributed by atoms with Crippen LogP contribution in [0.2, 0.25) is 0 Å². The first-order valence-corrected chi connectivity index (χ1v) is 8.88. The highest BCUT2D eigenvalue weighted by Gasteiger charge is 2.48. The summed E-state index contributed by atoms with van der Waals surface area (Å²) in [6, 6.07) is 3.40. The fourth-order valence-corrected chi connectivity index (χ4v) is 3.70. The molecule has 0 aliphatic heterocycles. The normalized spacial score (nSPS) is 12.9. The van der Waals surface area contributed by atoms with Gasteiger partial charge in [0.25, 0.3) is 10.0 Å². The lowest BCUT2D eigenvalue weighted by atomic mass is 10.3. The Morgan fingerprint density at radius 3 is 1.96 bits per heavy atom. The lowest BCUT2D eigenvalue weighted by Crippen LogP contribution is -2.40. The predicted octanol–water partition coefficient (Wildman–Crippen LogP) is 0.394. The van der Waals surface area contributed by atoms with Gasteiger partial charge in [-0.25, -0.2) is 21.6 Å². The number of aliphatic carboxylic acids is 1. The number of carboxylic acid groups (broad SMARTS) is 1. The lowest BCUT2D eigenvalue weighted by Gasteiger charge is -2.10. The van der Waals surface area contributed by atoms with Crippen molar-refractivity contribution in [3.05, 3.63) is 36.4 Å². The number of rotatable bonds is 6. The van der Waals surface area contributed by atoms with E-state index >= 15 is 0 Å². The summed E-state index contributed by atoms with van der Waals surface area (Å²) in [6.07, 6.45) is 1.21. The third-order valence-electron chi connectivity index (χ3n) is 2.33. The number of amides is 1. The maximum absolute atomic E-state index is 12.2. The molecule has 1 aromatic rings. The summed E-state index contributed by atoms with van der Waals surface area (Å²) in [5.41, 5.74) is -5.83. The number of nitrogens with one attached hydrogen (secondary N) is 2.